The van der Waals surface area contributed by atoms with Gasteiger partial charge in [-0.25, -0.2) is 0 Å². The number of carboxylic acids is 1. The lowest BCUT2D eigenvalue weighted by Crippen LogP contribution is -2.41. The van der Waals surface area contributed by atoms with Crippen LogP contribution in [0, 0.1) is 5.92 Å². The van der Waals surface area contributed by atoms with E-state index < -0.39 is 5.97 Å². The van der Waals surface area contributed by atoms with Crippen molar-refractivity contribution >= 4 is 11.9 Å². The number of ether oxygens (including phenoxy) is 1. The number of nitrogens with zero attached hydrogens (tertiary/aromatic N) is 1. The number of nitrogens with one attached hydrogen (secondary N) is 1. The molecular weight excluding hydrogens is 260 g/mol. The molecule has 116 valence electrons. The fourth-order valence-corrected chi connectivity index (χ4v) is 2.46. The molecule has 0 aromatic heterocycles. The fourth-order valence-electron chi connectivity index (χ4n) is 2.46. The molecule has 0 aromatic rings. The number of piperidine rings is 1. The summed E-state index contributed by atoms with van der Waals surface area (Å²) in [5.74, 6) is -0.167. The lowest BCUT2D eigenvalue weighted by atomic mass is 9.92. The monoisotopic (exact) mass is 286 g/mol. The summed E-state index contributed by atoms with van der Waals surface area (Å²) in [6, 6.07) is 0. The average molecular weight is 286 g/mol. The molecule has 1 rings (SSSR count). The van der Waals surface area contributed by atoms with Crippen LogP contribution < -0.4 is 5.32 Å². The Morgan fingerprint density at radius 3 is 2.65 bits per heavy atom. The van der Waals surface area contributed by atoms with E-state index in [9.17, 15) is 9.59 Å². The first kappa shape index (κ1) is 16.9. The van der Waals surface area contributed by atoms with Gasteiger partial charge in [0.2, 0.25) is 5.91 Å². The van der Waals surface area contributed by atoms with Crippen LogP contribution in [0.4, 0.5) is 0 Å². The SMILES string of the molecule is COCCCNC(=O)CN1CCC(CCC(=O)O)CC1. The van der Waals surface area contributed by atoms with E-state index in [0.717, 1.165) is 38.8 Å². The highest BCUT2D eigenvalue weighted by Gasteiger charge is 2.21. The zero-order chi connectivity index (χ0) is 14.8. The van der Waals surface area contributed by atoms with E-state index in [0.29, 0.717) is 25.6 Å². The molecule has 0 unspecified atom stereocenters. The lowest BCUT2D eigenvalue weighted by molar-refractivity contribution is -0.137. The summed E-state index contributed by atoms with van der Waals surface area (Å²) < 4.78 is 4.92. The van der Waals surface area contributed by atoms with E-state index in [4.69, 9.17) is 9.84 Å². The van der Waals surface area contributed by atoms with E-state index in [2.05, 4.69) is 10.2 Å². The van der Waals surface area contributed by atoms with Gasteiger partial charge in [0, 0.05) is 26.7 Å². The van der Waals surface area contributed by atoms with Gasteiger partial charge in [-0.15, -0.1) is 0 Å². The number of aliphatic carboxylic acids is 1. The predicted molar refractivity (Wildman–Crippen MR) is 75.5 cm³/mol. The minimum Gasteiger partial charge on any atom is -0.481 e. The van der Waals surface area contributed by atoms with Gasteiger partial charge in [0.05, 0.1) is 6.54 Å². The minimum atomic E-state index is -0.720. The number of amides is 1. The second kappa shape index (κ2) is 9.72. The van der Waals surface area contributed by atoms with Crippen LogP contribution in [-0.2, 0) is 14.3 Å². The molecule has 0 aromatic carbocycles. The van der Waals surface area contributed by atoms with Gasteiger partial charge in [-0.05, 0) is 44.7 Å². The van der Waals surface area contributed by atoms with Crippen LogP contribution in [0.3, 0.4) is 0 Å². The highest BCUT2D eigenvalue weighted by molar-refractivity contribution is 5.77. The molecule has 0 spiro atoms. The lowest BCUT2D eigenvalue weighted by Gasteiger charge is -2.31. The van der Waals surface area contributed by atoms with Crippen LogP contribution in [0.5, 0.6) is 0 Å². The molecule has 0 saturated carbocycles. The van der Waals surface area contributed by atoms with Crippen molar-refractivity contribution in [1.29, 1.82) is 0 Å². The molecule has 1 aliphatic heterocycles. The third-order valence-corrected chi connectivity index (χ3v) is 3.69. The summed E-state index contributed by atoms with van der Waals surface area (Å²) in [6.07, 6.45) is 3.82. The molecule has 6 heteroatoms. The molecule has 6 nitrogen and oxygen atoms in total. The van der Waals surface area contributed by atoms with Gasteiger partial charge in [-0.2, -0.15) is 0 Å². The second-order valence-corrected chi connectivity index (χ2v) is 5.35. The van der Waals surface area contributed by atoms with E-state index in [1.165, 1.54) is 0 Å². The Hall–Kier alpha value is -1.14. The van der Waals surface area contributed by atoms with Gasteiger partial charge in [0.1, 0.15) is 0 Å². The Balaban J connectivity index is 2.09. The van der Waals surface area contributed by atoms with Gasteiger partial charge < -0.3 is 15.2 Å². The summed E-state index contributed by atoms with van der Waals surface area (Å²) >= 11 is 0. The topological polar surface area (TPSA) is 78.9 Å². The number of hydrogen-bond donors (Lipinski definition) is 2. The van der Waals surface area contributed by atoms with Crippen molar-refractivity contribution in [3.05, 3.63) is 0 Å². The molecule has 20 heavy (non-hydrogen) atoms. The maximum absolute atomic E-state index is 11.7. The van der Waals surface area contributed by atoms with Crippen LogP contribution in [0.2, 0.25) is 0 Å². The summed E-state index contributed by atoms with van der Waals surface area (Å²) in [5.41, 5.74) is 0. The number of methoxy groups -OCH3 is 1. The minimum absolute atomic E-state index is 0.0603. The maximum Gasteiger partial charge on any atom is 0.303 e. The van der Waals surface area contributed by atoms with Crippen molar-refractivity contribution in [2.45, 2.75) is 32.1 Å². The van der Waals surface area contributed by atoms with Crippen molar-refractivity contribution in [2.75, 3.05) is 39.9 Å². The second-order valence-electron chi connectivity index (χ2n) is 5.35. The molecule has 0 atom stereocenters. The molecule has 0 radical (unpaired) electrons. The summed E-state index contributed by atoms with van der Waals surface area (Å²) in [4.78, 5) is 24.4. The zero-order valence-electron chi connectivity index (χ0n) is 12.3. The number of carboxylic acid groups (broad SMARTS) is 1. The largest absolute Gasteiger partial charge is 0.481 e. The van der Waals surface area contributed by atoms with E-state index in [-0.39, 0.29) is 12.3 Å². The Morgan fingerprint density at radius 2 is 2.05 bits per heavy atom. The highest BCUT2D eigenvalue weighted by atomic mass is 16.5. The first-order valence-electron chi connectivity index (χ1n) is 7.31. The zero-order valence-corrected chi connectivity index (χ0v) is 12.3. The van der Waals surface area contributed by atoms with Crippen molar-refractivity contribution in [1.82, 2.24) is 10.2 Å². The van der Waals surface area contributed by atoms with Crippen LogP contribution >= 0.6 is 0 Å². The van der Waals surface area contributed by atoms with Gasteiger partial charge in [0.25, 0.3) is 0 Å². The summed E-state index contributed by atoms with van der Waals surface area (Å²) in [7, 11) is 1.65. The van der Waals surface area contributed by atoms with Crippen molar-refractivity contribution in [3.8, 4) is 0 Å². The van der Waals surface area contributed by atoms with Crippen molar-refractivity contribution in [2.24, 2.45) is 5.92 Å². The number of carbonyl (C=O) groups excluding carboxylic acids is 1. The number of hydrogen-bond acceptors (Lipinski definition) is 4. The molecule has 0 bridgehead atoms. The van der Waals surface area contributed by atoms with E-state index >= 15 is 0 Å². The first-order valence-corrected chi connectivity index (χ1v) is 7.31. The Bertz CT molecular complexity index is 302. The Labute approximate surface area is 120 Å². The van der Waals surface area contributed by atoms with Gasteiger partial charge in [-0.1, -0.05) is 0 Å². The van der Waals surface area contributed by atoms with Crippen molar-refractivity contribution < 1.29 is 19.4 Å². The third kappa shape index (κ3) is 7.45. The summed E-state index contributed by atoms with van der Waals surface area (Å²) in [6.45, 7) is 3.53. The van der Waals surface area contributed by atoms with Crippen LogP contribution in [0.15, 0.2) is 0 Å². The van der Waals surface area contributed by atoms with Gasteiger partial charge >= 0.3 is 5.97 Å². The molecular formula is C14H26N2O4. The van der Waals surface area contributed by atoms with Gasteiger partial charge in [0.15, 0.2) is 0 Å². The van der Waals surface area contributed by atoms with Crippen LogP contribution in [0.1, 0.15) is 32.1 Å². The quantitative estimate of drug-likeness (QED) is 0.611. The number of rotatable bonds is 9. The predicted octanol–water partition coefficient (Wildman–Crippen LogP) is 0.716. The van der Waals surface area contributed by atoms with Crippen LogP contribution in [-0.4, -0.2) is 61.8 Å². The normalized spacial score (nSPS) is 17.1. The Kier molecular flexibility index (Phi) is 8.22. The maximum atomic E-state index is 11.7. The molecule has 1 amide bonds. The number of likely N-dealkylation sites (tertiary alicyclic amines) is 1. The average Bonchev–Trinajstić information content (AvgIpc) is 2.43. The van der Waals surface area contributed by atoms with E-state index in [1.807, 2.05) is 0 Å². The molecule has 1 fully saturated rings. The third-order valence-electron chi connectivity index (χ3n) is 3.69. The molecule has 0 aliphatic carbocycles. The van der Waals surface area contributed by atoms with E-state index in [1.54, 1.807) is 7.11 Å². The highest BCUT2D eigenvalue weighted by Crippen LogP contribution is 2.21. The standard InChI is InChI=1S/C14H26N2O4/c1-20-10-2-7-15-13(17)11-16-8-5-12(6-9-16)3-4-14(18)19/h12H,2-11H2,1H3,(H,15,17)(H,18,19). The fraction of sp³-hybridized carbons (Fsp3) is 0.857. The molecule has 2 N–H and O–H groups in total. The van der Waals surface area contributed by atoms with Crippen LogP contribution in [0.25, 0.3) is 0 Å². The first-order chi connectivity index (χ1) is 9.61. The molecule has 1 heterocycles. The molecule has 1 saturated heterocycles. The Morgan fingerprint density at radius 1 is 1.35 bits per heavy atom. The number of carbonyl (C=O) groups is 2. The molecule has 1 aliphatic rings. The van der Waals surface area contributed by atoms with Crippen molar-refractivity contribution in [3.63, 3.8) is 0 Å². The van der Waals surface area contributed by atoms with Gasteiger partial charge in [-0.3, -0.25) is 14.5 Å². The smallest absolute Gasteiger partial charge is 0.303 e. The summed E-state index contributed by atoms with van der Waals surface area (Å²) in [5, 5.41) is 11.5.